The van der Waals surface area contributed by atoms with E-state index < -0.39 is 0 Å². The summed E-state index contributed by atoms with van der Waals surface area (Å²) in [6.07, 6.45) is 2.75. The molecule has 1 nitrogen and oxygen atoms in total. The monoisotopic (exact) mass is 223 g/mol. The van der Waals surface area contributed by atoms with Gasteiger partial charge in [0.15, 0.2) is 0 Å². The molecule has 0 aliphatic heterocycles. The lowest BCUT2D eigenvalue weighted by Crippen LogP contribution is -1.93. The second kappa shape index (κ2) is 4.96. The zero-order valence-electron chi connectivity index (χ0n) is 10.4. The Kier molecular flexibility index (Phi) is 3.38. The first kappa shape index (κ1) is 11.6. The molecule has 0 spiro atoms. The van der Waals surface area contributed by atoms with Crippen LogP contribution in [-0.2, 0) is 6.42 Å². The molecule has 0 bridgehead atoms. The van der Waals surface area contributed by atoms with E-state index >= 15 is 0 Å². The number of hydrogen-bond acceptors (Lipinski definition) is 1. The molecule has 1 heteroatoms. The zero-order valence-corrected chi connectivity index (χ0v) is 10.4. The average Bonchev–Trinajstić information content (AvgIpc) is 2.30. The van der Waals surface area contributed by atoms with Gasteiger partial charge in [-0.15, -0.1) is 0 Å². The number of rotatable bonds is 3. The van der Waals surface area contributed by atoms with Gasteiger partial charge in [-0.2, -0.15) is 0 Å². The Morgan fingerprint density at radius 3 is 2.53 bits per heavy atom. The topological polar surface area (TPSA) is 12.9 Å². The van der Waals surface area contributed by atoms with E-state index in [0.717, 1.165) is 12.1 Å². The van der Waals surface area contributed by atoms with Crippen LogP contribution in [0.4, 0.5) is 0 Å². The van der Waals surface area contributed by atoms with Gasteiger partial charge in [0, 0.05) is 17.5 Å². The van der Waals surface area contributed by atoms with Gasteiger partial charge in [-0.25, -0.2) is 0 Å². The van der Waals surface area contributed by atoms with Gasteiger partial charge in [-0.3, -0.25) is 4.98 Å². The summed E-state index contributed by atoms with van der Waals surface area (Å²) in [7, 11) is 0. The summed E-state index contributed by atoms with van der Waals surface area (Å²) in [4.78, 5) is 4.35. The fourth-order valence-corrected chi connectivity index (χ4v) is 2.03. The number of benzene rings is 1. The number of allylic oxidation sites excluding steroid dienone is 1. The van der Waals surface area contributed by atoms with Crippen molar-refractivity contribution in [2.24, 2.45) is 0 Å². The molecule has 0 atom stereocenters. The molecule has 2 aromatic rings. The van der Waals surface area contributed by atoms with E-state index in [9.17, 15) is 0 Å². The van der Waals surface area contributed by atoms with Crippen LogP contribution in [0.2, 0.25) is 0 Å². The van der Waals surface area contributed by atoms with Crippen LogP contribution in [0.15, 0.2) is 54.7 Å². The van der Waals surface area contributed by atoms with E-state index in [1.807, 2.05) is 19.2 Å². The smallest absolute Gasteiger partial charge is 0.0451 e. The molecule has 0 radical (unpaired) electrons. The van der Waals surface area contributed by atoms with Crippen molar-refractivity contribution in [1.82, 2.24) is 4.98 Å². The maximum absolute atomic E-state index is 4.35. The highest BCUT2D eigenvalue weighted by atomic mass is 14.7. The summed E-state index contributed by atoms with van der Waals surface area (Å²) in [5.41, 5.74) is 6.04. The quantitative estimate of drug-likeness (QED) is 0.711. The standard InChI is InChI=1S/C16H17N/c1-12(2)11-14-7-4-5-8-16(14)15-9-6-10-17-13(15)3/h4-10H,1,11H2,2-3H3. The molecule has 86 valence electrons. The van der Waals surface area contributed by atoms with E-state index in [1.165, 1.54) is 22.3 Å². The van der Waals surface area contributed by atoms with Gasteiger partial charge in [0.25, 0.3) is 0 Å². The van der Waals surface area contributed by atoms with Crippen molar-refractivity contribution in [3.8, 4) is 11.1 Å². The Hall–Kier alpha value is -1.89. The third-order valence-corrected chi connectivity index (χ3v) is 2.81. The lowest BCUT2D eigenvalue weighted by molar-refractivity contribution is 1.14. The Bertz CT molecular complexity index is 541. The first-order chi connectivity index (χ1) is 8.18. The van der Waals surface area contributed by atoms with Crippen molar-refractivity contribution in [3.63, 3.8) is 0 Å². The highest BCUT2D eigenvalue weighted by molar-refractivity contribution is 5.69. The molecule has 0 unspecified atom stereocenters. The van der Waals surface area contributed by atoms with Crippen LogP contribution in [0.3, 0.4) is 0 Å². The number of aryl methyl sites for hydroxylation is 1. The highest BCUT2D eigenvalue weighted by Gasteiger charge is 2.07. The summed E-state index contributed by atoms with van der Waals surface area (Å²) < 4.78 is 0. The van der Waals surface area contributed by atoms with Gasteiger partial charge < -0.3 is 0 Å². The van der Waals surface area contributed by atoms with E-state index in [4.69, 9.17) is 0 Å². The average molecular weight is 223 g/mol. The van der Waals surface area contributed by atoms with Gasteiger partial charge in [0.1, 0.15) is 0 Å². The molecule has 1 aromatic heterocycles. The molecule has 17 heavy (non-hydrogen) atoms. The van der Waals surface area contributed by atoms with Gasteiger partial charge in [0.05, 0.1) is 0 Å². The van der Waals surface area contributed by atoms with Crippen molar-refractivity contribution in [3.05, 3.63) is 66.0 Å². The van der Waals surface area contributed by atoms with Crippen molar-refractivity contribution >= 4 is 0 Å². The van der Waals surface area contributed by atoms with Crippen molar-refractivity contribution in [2.75, 3.05) is 0 Å². The van der Waals surface area contributed by atoms with Crippen LogP contribution >= 0.6 is 0 Å². The van der Waals surface area contributed by atoms with Crippen molar-refractivity contribution in [1.29, 1.82) is 0 Å². The van der Waals surface area contributed by atoms with E-state index in [0.29, 0.717) is 0 Å². The summed E-state index contributed by atoms with van der Waals surface area (Å²) in [6.45, 7) is 8.10. The Balaban J connectivity index is 2.52. The molecule has 0 aliphatic carbocycles. The first-order valence-electron chi connectivity index (χ1n) is 5.83. The molecule has 0 saturated heterocycles. The van der Waals surface area contributed by atoms with Crippen LogP contribution < -0.4 is 0 Å². The Morgan fingerprint density at radius 1 is 1.12 bits per heavy atom. The number of aromatic nitrogens is 1. The maximum Gasteiger partial charge on any atom is 0.0451 e. The molecule has 1 aromatic carbocycles. The largest absolute Gasteiger partial charge is 0.261 e. The minimum atomic E-state index is 0.921. The Labute approximate surface area is 103 Å². The molecule has 0 saturated carbocycles. The molecule has 2 rings (SSSR count). The predicted molar refractivity (Wildman–Crippen MR) is 72.9 cm³/mol. The fraction of sp³-hybridized carbons (Fsp3) is 0.188. The summed E-state index contributed by atoms with van der Waals surface area (Å²) in [6, 6.07) is 12.6. The first-order valence-corrected chi connectivity index (χ1v) is 5.83. The van der Waals surface area contributed by atoms with E-state index in [2.05, 4.69) is 48.8 Å². The number of hydrogen-bond donors (Lipinski definition) is 0. The van der Waals surface area contributed by atoms with Crippen LogP contribution in [0, 0.1) is 6.92 Å². The van der Waals surface area contributed by atoms with Crippen LogP contribution in [0.25, 0.3) is 11.1 Å². The van der Waals surface area contributed by atoms with E-state index in [1.54, 1.807) is 0 Å². The zero-order chi connectivity index (χ0) is 12.3. The van der Waals surface area contributed by atoms with Crippen LogP contribution in [-0.4, -0.2) is 4.98 Å². The molecule has 0 N–H and O–H groups in total. The highest BCUT2D eigenvalue weighted by Crippen LogP contribution is 2.26. The summed E-state index contributed by atoms with van der Waals surface area (Å²) in [5.74, 6) is 0. The summed E-state index contributed by atoms with van der Waals surface area (Å²) in [5, 5.41) is 0. The van der Waals surface area contributed by atoms with Gasteiger partial charge in [-0.05, 0) is 37.5 Å². The van der Waals surface area contributed by atoms with Crippen molar-refractivity contribution < 1.29 is 0 Å². The SMILES string of the molecule is C=C(C)Cc1ccccc1-c1cccnc1C. The lowest BCUT2D eigenvalue weighted by Gasteiger charge is -2.11. The lowest BCUT2D eigenvalue weighted by atomic mass is 9.95. The second-order valence-electron chi connectivity index (χ2n) is 4.43. The molecule has 0 fully saturated rings. The van der Waals surface area contributed by atoms with Crippen LogP contribution in [0.5, 0.6) is 0 Å². The normalized spacial score (nSPS) is 10.2. The van der Waals surface area contributed by atoms with Gasteiger partial charge >= 0.3 is 0 Å². The van der Waals surface area contributed by atoms with E-state index in [-0.39, 0.29) is 0 Å². The van der Waals surface area contributed by atoms with Crippen molar-refractivity contribution in [2.45, 2.75) is 20.3 Å². The predicted octanol–water partition coefficient (Wildman–Crippen LogP) is 4.18. The fourth-order valence-electron chi connectivity index (χ4n) is 2.03. The van der Waals surface area contributed by atoms with Gasteiger partial charge in [-0.1, -0.05) is 42.5 Å². The molecule has 1 heterocycles. The van der Waals surface area contributed by atoms with Gasteiger partial charge in [0.2, 0.25) is 0 Å². The number of pyridine rings is 1. The minimum Gasteiger partial charge on any atom is -0.261 e. The summed E-state index contributed by atoms with van der Waals surface area (Å²) >= 11 is 0. The third kappa shape index (κ3) is 2.62. The maximum atomic E-state index is 4.35. The molecule has 0 aliphatic rings. The molecular formula is C16H17N. The second-order valence-corrected chi connectivity index (χ2v) is 4.43. The number of nitrogens with zero attached hydrogens (tertiary/aromatic N) is 1. The van der Waals surface area contributed by atoms with Crippen LogP contribution in [0.1, 0.15) is 18.2 Å². The molecule has 0 amide bonds. The third-order valence-electron chi connectivity index (χ3n) is 2.81. The Morgan fingerprint density at radius 2 is 1.82 bits per heavy atom. The molecular weight excluding hydrogens is 206 g/mol. The minimum absolute atomic E-state index is 0.921.